The number of carbonyl (C=O) groups is 1. The molecule has 7 heteroatoms. The molecule has 18 heavy (non-hydrogen) atoms. The van der Waals surface area contributed by atoms with Gasteiger partial charge in [-0.3, -0.25) is 10.1 Å². The van der Waals surface area contributed by atoms with Gasteiger partial charge in [0.25, 0.3) is 0 Å². The van der Waals surface area contributed by atoms with Crippen LogP contribution in [0, 0.1) is 17.0 Å². The van der Waals surface area contributed by atoms with E-state index in [1.54, 1.807) is 13.0 Å². The van der Waals surface area contributed by atoms with E-state index in [9.17, 15) is 14.9 Å². The summed E-state index contributed by atoms with van der Waals surface area (Å²) >= 11 is 3.24. The third kappa shape index (κ3) is 3.43. The molecule has 0 fully saturated rings. The second kappa shape index (κ2) is 6.34. The first kappa shape index (κ1) is 14.4. The van der Waals surface area contributed by atoms with Crippen LogP contribution in [0.3, 0.4) is 0 Å². The van der Waals surface area contributed by atoms with Crippen molar-refractivity contribution in [3.63, 3.8) is 0 Å². The summed E-state index contributed by atoms with van der Waals surface area (Å²) in [7, 11) is 1.22. The summed E-state index contributed by atoms with van der Waals surface area (Å²) in [6.07, 6.45) is 0. The summed E-state index contributed by atoms with van der Waals surface area (Å²) in [5, 5.41) is 11.5. The first-order chi connectivity index (χ1) is 8.49. The molecule has 6 nitrogen and oxygen atoms in total. The highest BCUT2D eigenvalue weighted by Crippen LogP contribution is 2.32. The molecular formula is C11H12BrNO5. The van der Waals surface area contributed by atoms with Crippen LogP contribution in [0.1, 0.15) is 11.1 Å². The van der Waals surface area contributed by atoms with Gasteiger partial charge in [0.15, 0.2) is 6.61 Å². The van der Waals surface area contributed by atoms with E-state index in [1.165, 1.54) is 13.2 Å². The van der Waals surface area contributed by atoms with Crippen molar-refractivity contribution < 1.29 is 19.2 Å². The number of benzene rings is 1. The second-order valence-corrected chi connectivity index (χ2v) is 4.08. The number of hydrogen-bond acceptors (Lipinski definition) is 5. The zero-order chi connectivity index (χ0) is 13.7. The van der Waals surface area contributed by atoms with E-state index in [0.29, 0.717) is 10.9 Å². The van der Waals surface area contributed by atoms with E-state index in [-0.39, 0.29) is 18.0 Å². The molecule has 1 aromatic carbocycles. The lowest BCUT2D eigenvalue weighted by Gasteiger charge is -2.09. The molecule has 0 aliphatic rings. The van der Waals surface area contributed by atoms with Crippen LogP contribution in [-0.2, 0) is 14.9 Å². The van der Waals surface area contributed by atoms with Crippen LogP contribution in [0.15, 0.2) is 12.1 Å². The Balaban J connectivity index is 3.08. The fourth-order valence-corrected chi connectivity index (χ4v) is 1.74. The van der Waals surface area contributed by atoms with Crippen molar-refractivity contribution in [2.45, 2.75) is 12.3 Å². The maximum Gasteiger partial charge on any atom is 0.343 e. The van der Waals surface area contributed by atoms with Gasteiger partial charge in [-0.05, 0) is 18.1 Å². The largest absolute Gasteiger partial charge is 0.475 e. The first-order valence-electron chi connectivity index (χ1n) is 5.03. The van der Waals surface area contributed by atoms with Gasteiger partial charge in [0, 0.05) is 11.4 Å². The average Bonchev–Trinajstić information content (AvgIpc) is 2.35. The van der Waals surface area contributed by atoms with Gasteiger partial charge < -0.3 is 9.47 Å². The van der Waals surface area contributed by atoms with Gasteiger partial charge in [-0.15, -0.1) is 0 Å². The van der Waals surface area contributed by atoms with Crippen molar-refractivity contribution in [2.75, 3.05) is 13.7 Å². The zero-order valence-corrected chi connectivity index (χ0v) is 11.5. The Labute approximate surface area is 112 Å². The van der Waals surface area contributed by atoms with E-state index < -0.39 is 10.9 Å². The molecule has 0 aliphatic heterocycles. The minimum atomic E-state index is -0.590. The van der Waals surface area contributed by atoms with Gasteiger partial charge in [-0.1, -0.05) is 22.0 Å². The number of rotatable bonds is 5. The number of ether oxygens (including phenoxy) is 2. The predicted molar refractivity (Wildman–Crippen MR) is 68.0 cm³/mol. The van der Waals surface area contributed by atoms with Crippen LogP contribution in [0.25, 0.3) is 0 Å². The SMILES string of the molecule is COC(=O)COc1c(C)cc(CBr)cc1[N+](=O)[O-]. The highest BCUT2D eigenvalue weighted by Gasteiger charge is 2.20. The Kier molecular flexibility index (Phi) is 5.08. The lowest BCUT2D eigenvalue weighted by molar-refractivity contribution is -0.385. The molecule has 0 heterocycles. The fraction of sp³-hybridized carbons (Fsp3) is 0.364. The lowest BCUT2D eigenvalue weighted by atomic mass is 10.1. The third-order valence-corrected chi connectivity index (χ3v) is 2.88. The van der Waals surface area contributed by atoms with Crippen molar-refractivity contribution in [1.29, 1.82) is 0 Å². The molecule has 0 unspecified atom stereocenters. The molecule has 0 N–H and O–H groups in total. The Morgan fingerprint density at radius 1 is 1.50 bits per heavy atom. The molecule has 0 aliphatic carbocycles. The molecule has 0 saturated heterocycles. The highest BCUT2D eigenvalue weighted by atomic mass is 79.9. The predicted octanol–water partition coefficient (Wildman–Crippen LogP) is 2.35. The number of nitro benzene ring substituents is 1. The molecule has 1 rings (SSSR count). The Hall–Kier alpha value is -1.63. The number of methoxy groups -OCH3 is 1. The first-order valence-corrected chi connectivity index (χ1v) is 6.15. The average molecular weight is 318 g/mol. The number of hydrogen-bond donors (Lipinski definition) is 0. The summed E-state index contributed by atoms with van der Waals surface area (Å²) in [6, 6.07) is 3.17. The summed E-state index contributed by atoms with van der Waals surface area (Å²) in [6.45, 7) is 1.33. The van der Waals surface area contributed by atoms with Crippen molar-refractivity contribution in [2.24, 2.45) is 0 Å². The van der Waals surface area contributed by atoms with E-state index in [0.717, 1.165) is 5.56 Å². The molecule has 0 aromatic heterocycles. The topological polar surface area (TPSA) is 78.7 Å². The van der Waals surface area contributed by atoms with Gasteiger partial charge >= 0.3 is 11.7 Å². The molecule has 0 bridgehead atoms. The molecule has 0 atom stereocenters. The minimum Gasteiger partial charge on any atom is -0.475 e. The summed E-state index contributed by atoms with van der Waals surface area (Å²) < 4.78 is 9.57. The van der Waals surface area contributed by atoms with E-state index >= 15 is 0 Å². The summed E-state index contributed by atoms with van der Waals surface area (Å²) in [5.74, 6) is -0.497. The number of carbonyl (C=O) groups excluding carboxylic acids is 1. The van der Waals surface area contributed by atoms with Gasteiger partial charge in [0.2, 0.25) is 5.75 Å². The van der Waals surface area contributed by atoms with Crippen LogP contribution < -0.4 is 4.74 Å². The highest BCUT2D eigenvalue weighted by molar-refractivity contribution is 9.08. The van der Waals surface area contributed by atoms with Gasteiger partial charge in [0.1, 0.15) is 0 Å². The molecule has 0 radical (unpaired) electrons. The molecular weight excluding hydrogens is 306 g/mol. The Morgan fingerprint density at radius 3 is 2.67 bits per heavy atom. The second-order valence-electron chi connectivity index (χ2n) is 3.52. The monoisotopic (exact) mass is 317 g/mol. The number of aryl methyl sites for hydroxylation is 1. The van der Waals surface area contributed by atoms with Crippen LogP contribution in [-0.4, -0.2) is 24.6 Å². The quantitative estimate of drug-likeness (QED) is 0.360. The number of halogens is 1. The van der Waals surface area contributed by atoms with Crippen LogP contribution in [0.5, 0.6) is 5.75 Å². The minimum absolute atomic E-state index is 0.0927. The van der Waals surface area contributed by atoms with Crippen LogP contribution in [0.4, 0.5) is 5.69 Å². The van der Waals surface area contributed by atoms with Crippen LogP contribution >= 0.6 is 15.9 Å². The summed E-state index contributed by atoms with van der Waals surface area (Å²) in [4.78, 5) is 21.4. The van der Waals surface area contributed by atoms with Gasteiger partial charge in [-0.2, -0.15) is 0 Å². The molecule has 1 aromatic rings. The van der Waals surface area contributed by atoms with Crippen molar-refractivity contribution in [3.8, 4) is 5.75 Å². The molecule has 98 valence electrons. The van der Waals surface area contributed by atoms with E-state index in [4.69, 9.17) is 4.74 Å². The molecule has 0 spiro atoms. The zero-order valence-electron chi connectivity index (χ0n) is 9.94. The van der Waals surface area contributed by atoms with Crippen molar-refractivity contribution in [3.05, 3.63) is 33.4 Å². The fourth-order valence-electron chi connectivity index (χ4n) is 1.42. The number of nitro groups is 1. The maximum absolute atomic E-state index is 11.0. The lowest BCUT2D eigenvalue weighted by Crippen LogP contribution is -2.14. The normalized spacial score (nSPS) is 9.94. The third-order valence-electron chi connectivity index (χ3n) is 2.23. The number of esters is 1. The molecule has 0 saturated carbocycles. The van der Waals surface area contributed by atoms with Crippen molar-refractivity contribution in [1.82, 2.24) is 0 Å². The van der Waals surface area contributed by atoms with Crippen LogP contribution in [0.2, 0.25) is 0 Å². The van der Waals surface area contributed by atoms with E-state index in [2.05, 4.69) is 20.7 Å². The van der Waals surface area contributed by atoms with Gasteiger partial charge in [-0.25, -0.2) is 4.79 Å². The Morgan fingerprint density at radius 2 is 2.17 bits per heavy atom. The smallest absolute Gasteiger partial charge is 0.343 e. The maximum atomic E-state index is 11.0. The standard InChI is InChI=1S/C11H12BrNO5/c1-7-3-8(5-12)4-9(13(15)16)11(7)18-6-10(14)17-2/h3-4H,5-6H2,1-2H3. The Bertz CT molecular complexity index is 475. The van der Waals surface area contributed by atoms with E-state index in [1.807, 2.05) is 0 Å². The number of nitrogens with zero attached hydrogens (tertiary/aromatic N) is 1. The van der Waals surface area contributed by atoms with Crippen molar-refractivity contribution >= 4 is 27.6 Å². The summed E-state index contributed by atoms with van der Waals surface area (Å²) in [5.41, 5.74) is 1.21. The van der Waals surface area contributed by atoms with Gasteiger partial charge in [0.05, 0.1) is 12.0 Å². The number of alkyl halides is 1. The molecule has 0 amide bonds.